The van der Waals surface area contributed by atoms with Gasteiger partial charge >= 0.3 is 0 Å². The Kier molecular flexibility index (Phi) is 5.90. The van der Waals surface area contributed by atoms with E-state index in [4.69, 9.17) is 0 Å². The minimum atomic E-state index is -0.655. The van der Waals surface area contributed by atoms with Crippen LogP contribution < -0.4 is 0 Å². The second-order valence-electron chi connectivity index (χ2n) is 7.08. The summed E-state index contributed by atoms with van der Waals surface area (Å²) >= 11 is 1.27. The lowest BCUT2D eigenvalue weighted by molar-refractivity contribution is -0.129. The van der Waals surface area contributed by atoms with E-state index in [9.17, 15) is 14.7 Å². The van der Waals surface area contributed by atoms with Gasteiger partial charge in [-0.3, -0.25) is 14.6 Å². The predicted octanol–water partition coefficient (Wildman–Crippen LogP) is 2.68. The number of aromatic nitrogens is 2. The van der Waals surface area contributed by atoms with E-state index >= 15 is 0 Å². The molecule has 0 saturated heterocycles. The zero-order valence-electron chi connectivity index (χ0n) is 16.5. The molecule has 3 heterocycles. The SMILES string of the molecule is Cc1nc(C)c(C(=O)C2=C(O)C(=O)N(CCCN(C)C)[C@H]2c2cccnc2)s1. The number of amides is 1. The lowest BCUT2D eigenvalue weighted by atomic mass is 9.96. The smallest absolute Gasteiger partial charge is 0.290 e. The molecule has 2 aromatic heterocycles. The molecule has 1 N–H and O–H groups in total. The Balaban J connectivity index is 2.01. The minimum Gasteiger partial charge on any atom is -0.503 e. The van der Waals surface area contributed by atoms with Crippen molar-refractivity contribution in [3.63, 3.8) is 0 Å². The Morgan fingerprint density at radius 2 is 2.11 bits per heavy atom. The molecule has 148 valence electrons. The molecule has 8 heteroatoms. The fraction of sp³-hybridized carbons (Fsp3) is 0.400. The van der Waals surface area contributed by atoms with Crippen molar-refractivity contribution in [2.75, 3.05) is 27.2 Å². The van der Waals surface area contributed by atoms with Gasteiger partial charge in [-0.25, -0.2) is 4.98 Å². The zero-order valence-corrected chi connectivity index (χ0v) is 17.3. The third-order valence-electron chi connectivity index (χ3n) is 4.66. The molecule has 3 rings (SSSR count). The quantitative estimate of drug-likeness (QED) is 0.719. The van der Waals surface area contributed by atoms with E-state index in [1.54, 1.807) is 30.3 Å². The maximum absolute atomic E-state index is 13.3. The number of Topliss-reactive ketones (excluding diaryl/α,β-unsaturated/α-hetero) is 1. The maximum Gasteiger partial charge on any atom is 0.290 e. The number of aryl methyl sites for hydroxylation is 2. The molecule has 1 atom stereocenters. The number of rotatable bonds is 7. The highest BCUT2D eigenvalue weighted by molar-refractivity contribution is 7.14. The topological polar surface area (TPSA) is 86.6 Å². The number of hydrogen-bond acceptors (Lipinski definition) is 7. The van der Waals surface area contributed by atoms with Gasteiger partial charge in [0.05, 0.1) is 27.2 Å². The van der Waals surface area contributed by atoms with Crippen LogP contribution in [0.3, 0.4) is 0 Å². The molecule has 2 aromatic rings. The van der Waals surface area contributed by atoms with Crippen molar-refractivity contribution in [2.45, 2.75) is 26.3 Å². The normalized spacial score (nSPS) is 17.1. The fourth-order valence-electron chi connectivity index (χ4n) is 3.42. The molecule has 0 aromatic carbocycles. The molecule has 1 amide bonds. The van der Waals surface area contributed by atoms with Crippen molar-refractivity contribution < 1.29 is 14.7 Å². The molecule has 0 bridgehead atoms. The van der Waals surface area contributed by atoms with Gasteiger partial charge in [0.15, 0.2) is 5.76 Å². The number of thiazole rings is 1. The lowest BCUT2D eigenvalue weighted by Gasteiger charge is -2.27. The number of nitrogens with zero attached hydrogens (tertiary/aromatic N) is 4. The van der Waals surface area contributed by atoms with Gasteiger partial charge in [-0.05, 0) is 52.5 Å². The summed E-state index contributed by atoms with van der Waals surface area (Å²) in [7, 11) is 3.92. The van der Waals surface area contributed by atoms with Gasteiger partial charge in [-0.1, -0.05) is 6.07 Å². The first kappa shape index (κ1) is 20.2. The summed E-state index contributed by atoms with van der Waals surface area (Å²) in [5.41, 5.74) is 1.41. The van der Waals surface area contributed by atoms with Crippen molar-refractivity contribution in [1.82, 2.24) is 19.8 Å². The van der Waals surface area contributed by atoms with Crippen LogP contribution in [0.2, 0.25) is 0 Å². The average molecular weight is 401 g/mol. The van der Waals surface area contributed by atoms with Crippen molar-refractivity contribution in [3.8, 4) is 0 Å². The molecule has 0 unspecified atom stereocenters. The van der Waals surface area contributed by atoms with Gasteiger partial charge < -0.3 is 14.9 Å². The monoisotopic (exact) mass is 400 g/mol. The van der Waals surface area contributed by atoms with Crippen LogP contribution in [0.4, 0.5) is 0 Å². The average Bonchev–Trinajstić information content (AvgIpc) is 3.12. The van der Waals surface area contributed by atoms with Crippen LogP contribution in [0.1, 0.15) is 38.4 Å². The van der Waals surface area contributed by atoms with Gasteiger partial charge in [0.25, 0.3) is 5.91 Å². The minimum absolute atomic E-state index is 0.106. The molecule has 28 heavy (non-hydrogen) atoms. The fourth-order valence-corrected chi connectivity index (χ4v) is 4.30. The van der Waals surface area contributed by atoms with Gasteiger partial charge in [0.2, 0.25) is 5.78 Å². The Labute approximate surface area is 168 Å². The van der Waals surface area contributed by atoms with E-state index in [0.717, 1.165) is 18.0 Å². The Bertz CT molecular complexity index is 921. The number of aliphatic hydroxyl groups excluding tert-OH is 1. The van der Waals surface area contributed by atoms with Crippen molar-refractivity contribution >= 4 is 23.0 Å². The summed E-state index contributed by atoms with van der Waals surface area (Å²) in [6.07, 6.45) is 3.99. The molecule has 1 aliphatic heterocycles. The van der Waals surface area contributed by atoms with Crippen LogP contribution >= 0.6 is 11.3 Å². The molecule has 0 radical (unpaired) electrons. The zero-order chi connectivity index (χ0) is 20.4. The molecular formula is C20H24N4O3S. The summed E-state index contributed by atoms with van der Waals surface area (Å²) < 4.78 is 0. The summed E-state index contributed by atoms with van der Waals surface area (Å²) in [5, 5.41) is 11.4. The number of hydrogen-bond donors (Lipinski definition) is 1. The highest BCUT2D eigenvalue weighted by Crippen LogP contribution is 2.39. The number of carbonyl (C=O) groups excluding carboxylic acids is 2. The Hall–Kier alpha value is -2.58. The van der Waals surface area contributed by atoms with Crippen molar-refractivity contribution in [2.24, 2.45) is 0 Å². The first-order valence-electron chi connectivity index (χ1n) is 9.08. The van der Waals surface area contributed by atoms with E-state index in [0.29, 0.717) is 22.7 Å². The highest BCUT2D eigenvalue weighted by atomic mass is 32.1. The first-order valence-corrected chi connectivity index (χ1v) is 9.90. The number of ketones is 1. The van der Waals surface area contributed by atoms with Crippen molar-refractivity contribution in [1.29, 1.82) is 0 Å². The third-order valence-corrected chi connectivity index (χ3v) is 5.73. The van der Waals surface area contributed by atoms with Crippen LogP contribution in [-0.2, 0) is 4.79 Å². The van der Waals surface area contributed by atoms with Gasteiger partial charge in [-0.2, -0.15) is 0 Å². The Morgan fingerprint density at radius 1 is 1.36 bits per heavy atom. The third kappa shape index (κ3) is 3.83. The van der Waals surface area contributed by atoms with Crippen LogP contribution in [0.5, 0.6) is 0 Å². The predicted molar refractivity (Wildman–Crippen MR) is 107 cm³/mol. The van der Waals surface area contributed by atoms with E-state index in [1.807, 2.05) is 32.0 Å². The molecule has 0 aliphatic carbocycles. The second-order valence-corrected chi connectivity index (χ2v) is 8.29. The summed E-state index contributed by atoms with van der Waals surface area (Å²) in [6, 6.07) is 2.93. The van der Waals surface area contributed by atoms with E-state index in [1.165, 1.54) is 11.3 Å². The summed E-state index contributed by atoms with van der Waals surface area (Å²) in [5.74, 6) is -1.35. The van der Waals surface area contributed by atoms with Crippen LogP contribution in [0.15, 0.2) is 35.9 Å². The molecule has 7 nitrogen and oxygen atoms in total. The molecule has 0 fully saturated rings. The lowest BCUT2D eigenvalue weighted by Crippen LogP contribution is -2.33. The largest absolute Gasteiger partial charge is 0.503 e. The van der Waals surface area contributed by atoms with E-state index in [-0.39, 0.29) is 11.4 Å². The second kappa shape index (κ2) is 8.20. The molecule has 1 aliphatic rings. The Morgan fingerprint density at radius 3 is 2.68 bits per heavy atom. The van der Waals surface area contributed by atoms with Gasteiger partial charge in [0, 0.05) is 18.9 Å². The standard InChI is InChI=1S/C20H24N4O3S/c1-12-19(28-13(2)22-12)17(25)15-16(14-7-5-8-21-11-14)24(20(27)18(15)26)10-6-9-23(3)4/h5,7-8,11,16,26H,6,9-10H2,1-4H3/t16-/m0/s1. The maximum atomic E-state index is 13.3. The van der Waals surface area contributed by atoms with Crippen LogP contribution in [-0.4, -0.2) is 63.7 Å². The van der Waals surface area contributed by atoms with Crippen LogP contribution in [0, 0.1) is 13.8 Å². The van der Waals surface area contributed by atoms with E-state index < -0.39 is 17.7 Å². The highest BCUT2D eigenvalue weighted by Gasteiger charge is 2.44. The summed E-state index contributed by atoms with van der Waals surface area (Å²) in [4.78, 5) is 38.6. The van der Waals surface area contributed by atoms with Crippen LogP contribution in [0.25, 0.3) is 0 Å². The van der Waals surface area contributed by atoms with Crippen molar-refractivity contribution in [3.05, 3.63) is 57.0 Å². The van der Waals surface area contributed by atoms with Gasteiger partial charge in [0.1, 0.15) is 0 Å². The van der Waals surface area contributed by atoms with E-state index in [2.05, 4.69) is 9.97 Å². The number of carbonyl (C=O) groups is 2. The summed E-state index contributed by atoms with van der Waals surface area (Å²) in [6.45, 7) is 4.81. The molecular weight excluding hydrogens is 376 g/mol. The molecule has 0 spiro atoms. The number of pyridine rings is 1. The first-order chi connectivity index (χ1) is 13.3. The number of aliphatic hydroxyl groups is 1. The van der Waals surface area contributed by atoms with Gasteiger partial charge in [-0.15, -0.1) is 11.3 Å². The molecule has 0 saturated carbocycles.